The third-order valence-corrected chi connectivity index (χ3v) is 22.1. The maximum Gasteiger partial charge on any atom is 0.254 e. The maximum absolute atomic E-state index is 14.5. The molecule has 24 nitrogen and oxygen atoms in total. The number of hydrogen-bond donors (Lipinski definition) is 7. The number of piperidine rings is 4. The molecule has 16 rings (SSSR count). The highest BCUT2D eigenvalue weighted by Gasteiger charge is 2.32. The molecule has 7 aliphatic rings. The third kappa shape index (κ3) is 19.2. The number of aromatic nitrogens is 9. The monoisotopic (exact) mass is 1460 g/mol. The molecule has 3 saturated carbocycles. The van der Waals surface area contributed by atoms with Gasteiger partial charge in [0, 0.05) is 141 Å². The van der Waals surface area contributed by atoms with Crippen molar-refractivity contribution in [3.05, 3.63) is 180 Å². The van der Waals surface area contributed by atoms with Crippen molar-refractivity contribution < 1.29 is 28.7 Å². The van der Waals surface area contributed by atoms with Crippen molar-refractivity contribution in [3.63, 3.8) is 0 Å². The second-order valence-corrected chi connectivity index (χ2v) is 30.7. The molecule has 4 saturated heterocycles. The van der Waals surface area contributed by atoms with Gasteiger partial charge in [0.25, 0.3) is 17.7 Å². The van der Waals surface area contributed by atoms with Crippen LogP contribution in [0.5, 0.6) is 0 Å². The van der Waals surface area contributed by atoms with Crippen LogP contribution < -0.4 is 31.9 Å². The number of rotatable bonds is 21. The number of amides is 4. The SMILES string of the molecule is CC(=O)N1CCC(N2CCC(Nc3cncc(-n4cc(-c5cc(C(=O)NC6CC6)ccc5C)cn4)c3)CC2)CC1.Cc1cc(F)c(C(=O)NC2CC2)cc1-c1cnn(-c2cncc(NC3CCN(C)CC3)c2)c1.Cc1ccc(C(=O)NC2CC2)cc1-c1cnn(-c2cncc(NC3CCN(C(C)CO)CC3)c2)c1. The second kappa shape index (κ2) is 33.9. The van der Waals surface area contributed by atoms with E-state index in [0.29, 0.717) is 47.4 Å². The molecule has 108 heavy (non-hydrogen) atoms. The number of nitrogens with one attached hydrogen (secondary N) is 6. The van der Waals surface area contributed by atoms with Crippen molar-refractivity contribution in [2.75, 3.05) is 82.0 Å². The number of aryl methyl sites for hydroxylation is 3. The average molecular weight is 1460 g/mol. The van der Waals surface area contributed by atoms with Crippen molar-refractivity contribution in [1.29, 1.82) is 0 Å². The Kier molecular flexibility index (Phi) is 23.4. The molecule has 25 heteroatoms. The molecule has 4 aliphatic heterocycles. The van der Waals surface area contributed by atoms with Crippen LogP contribution >= 0.6 is 0 Å². The van der Waals surface area contributed by atoms with Gasteiger partial charge in [-0.25, -0.2) is 18.4 Å². The quantitative estimate of drug-likeness (QED) is 0.0352. The van der Waals surface area contributed by atoms with E-state index >= 15 is 0 Å². The Morgan fingerprint density at radius 3 is 1.27 bits per heavy atom. The van der Waals surface area contributed by atoms with E-state index in [1.54, 1.807) is 36.3 Å². The number of aliphatic hydroxyl groups excluding tert-OH is 1. The molecule has 9 aromatic rings. The Morgan fingerprint density at radius 1 is 0.463 bits per heavy atom. The highest BCUT2D eigenvalue weighted by Crippen LogP contribution is 2.33. The summed E-state index contributed by atoms with van der Waals surface area (Å²) in [7, 11) is 2.15. The smallest absolute Gasteiger partial charge is 0.254 e. The molecule has 566 valence electrons. The van der Waals surface area contributed by atoms with E-state index in [9.17, 15) is 28.7 Å². The molecule has 7 N–H and O–H groups in total. The first-order valence-electron chi connectivity index (χ1n) is 38.7. The molecule has 0 radical (unpaired) electrons. The van der Waals surface area contributed by atoms with Crippen LogP contribution in [0.4, 0.5) is 21.5 Å². The van der Waals surface area contributed by atoms with E-state index in [2.05, 4.69) is 110 Å². The largest absolute Gasteiger partial charge is 0.395 e. The first-order chi connectivity index (χ1) is 52.4. The minimum absolute atomic E-state index is 0.0108. The van der Waals surface area contributed by atoms with Gasteiger partial charge in [0.05, 0.1) is 102 Å². The van der Waals surface area contributed by atoms with E-state index in [0.717, 1.165) is 226 Å². The Labute approximate surface area is 631 Å². The Bertz CT molecular complexity index is 4620. The lowest BCUT2D eigenvalue weighted by Crippen LogP contribution is -2.50. The zero-order valence-electron chi connectivity index (χ0n) is 62.9. The Morgan fingerprint density at radius 2 is 0.861 bits per heavy atom. The van der Waals surface area contributed by atoms with Crippen molar-refractivity contribution in [2.24, 2.45) is 0 Å². The third-order valence-electron chi connectivity index (χ3n) is 22.1. The second-order valence-electron chi connectivity index (χ2n) is 30.7. The molecular weight excluding hydrogens is 1360 g/mol. The average Bonchev–Trinajstić information content (AvgIpc) is 1.61. The molecule has 0 spiro atoms. The van der Waals surface area contributed by atoms with Gasteiger partial charge in [0.2, 0.25) is 5.91 Å². The fourth-order valence-corrected chi connectivity index (χ4v) is 14.9. The van der Waals surface area contributed by atoms with Crippen molar-refractivity contribution >= 4 is 40.7 Å². The number of pyridine rings is 3. The Hall–Kier alpha value is -10.2. The number of benzene rings is 3. The summed E-state index contributed by atoms with van der Waals surface area (Å²) < 4.78 is 19.9. The summed E-state index contributed by atoms with van der Waals surface area (Å²) in [6.07, 6.45) is 37.1. The van der Waals surface area contributed by atoms with Crippen LogP contribution in [0.15, 0.2) is 141 Å². The number of anilines is 3. The molecular formula is C83H102FN19O5. The van der Waals surface area contributed by atoms with Gasteiger partial charge in [-0.3, -0.25) is 39.0 Å². The summed E-state index contributed by atoms with van der Waals surface area (Å²) in [5, 5.41) is 43.0. The highest BCUT2D eigenvalue weighted by molar-refractivity contribution is 5.98. The minimum atomic E-state index is -0.501. The molecule has 4 amide bonds. The highest BCUT2D eigenvalue weighted by atomic mass is 19.1. The van der Waals surface area contributed by atoms with Gasteiger partial charge in [0.1, 0.15) is 5.82 Å². The van der Waals surface area contributed by atoms with E-state index in [4.69, 9.17) is 0 Å². The van der Waals surface area contributed by atoms with E-state index in [1.165, 1.54) is 6.07 Å². The van der Waals surface area contributed by atoms with Gasteiger partial charge < -0.3 is 51.7 Å². The lowest BCUT2D eigenvalue weighted by Gasteiger charge is -2.41. The molecule has 0 bridgehead atoms. The normalized spacial score (nSPS) is 18.1. The van der Waals surface area contributed by atoms with Gasteiger partial charge >= 0.3 is 0 Å². The summed E-state index contributed by atoms with van der Waals surface area (Å²) in [6.45, 7) is 17.9. The number of aliphatic hydroxyl groups is 1. The zero-order valence-corrected chi connectivity index (χ0v) is 62.9. The van der Waals surface area contributed by atoms with Crippen LogP contribution in [0.25, 0.3) is 50.4 Å². The lowest BCUT2D eigenvalue weighted by molar-refractivity contribution is -0.130. The summed E-state index contributed by atoms with van der Waals surface area (Å²) >= 11 is 0. The predicted octanol–water partition coefficient (Wildman–Crippen LogP) is 11.2. The maximum atomic E-state index is 14.5. The molecule has 10 heterocycles. The summed E-state index contributed by atoms with van der Waals surface area (Å²) in [5.41, 5.74) is 15.5. The Balaban J connectivity index is 0.000000136. The van der Waals surface area contributed by atoms with Crippen LogP contribution in [0.1, 0.15) is 152 Å². The fraction of sp³-hybridized carbons (Fsp3) is 0.446. The number of nitrogens with zero attached hydrogens (tertiary/aromatic N) is 13. The molecule has 3 aromatic carbocycles. The minimum Gasteiger partial charge on any atom is -0.395 e. The number of carbonyl (C=O) groups is 4. The molecule has 6 aromatic heterocycles. The fourth-order valence-electron chi connectivity index (χ4n) is 14.9. The van der Waals surface area contributed by atoms with Crippen LogP contribution in [0, 0.1) is 26.6 Å². The molecule has 3 aliphatic carbocycles. The van der Waals surface area contributed by atoms with Crippen molar-refractivity contribution in [2.45, 2.75) is 173 Å². The first-order valence-corrected chi connectivity index (χ1v) is 38.7. The van der Waals surface area contributed by atoms with Gasteiger partial charge in [-0.15, -0.1) is 0 Å². The molecule has 7 fully saturated rings. The number of hydrogen-bond acceptors (Lipinski definition) is 17. The standard InChI is InChI=1S/C31H39N7O2.C27H34N6O2.C25H29FN6O/c1-21-3-4-23(31(40)35-25-5-6-25)15-30(21)24-17-33-38(20-24)29-16-27(18-32-19-29)34-26-7-11-37(12-8-26)28-9-13-36(14-10-28)22(2)39;1-18-3-4-20(27(35)31-22-5-6-22)11-26(18)21-13-29-33(16-21)25-12-24(14-28-15-25)30-23-7-9-32(10-8-23)19(2)17-34;1-16-9-24(26)23(25(33)30-18-3-4-18)11-22(16)17-12-28-32(15-17)21-10-20(13-27-14-21)29-19-5-7-31(2)8-6-19/h3-4,15-20,25-26,28,34H,5-14H2,1-2H3,(H,35,40);3-4,11-16,19,22-23,30,34H,5-10,17H2,1-2H3,(H,31,35);9-15,18-19,29H,3-8H2,1-2H3,(H,30,33). The lowest BCUT2D eigenvalue weighted by atomic mass is 9.97. The van der Waals surface area contributed by atoms with Crippen LogP contribution in [0.3, 0.4) is 0 Å². The number of halogens is 1. The predicted molar refractivity (Wildman–Crippen MR) is 418 cm³/mol. The van der Waals surface area contributed by atoms with Crippen molar-refractivity contribution in [3.8, 4) is 50.4 Å². The summed E-state index contributed by atoms with van der Waals surface area (Å²) in [5.74, 6) is -0.690. The summed E-state index contributed by atoms with van der Waals surface area (Å²) in [4.78, 5) is 71.8. The first kappa shape index (κ1) is 74.6. The van der Waals surface area contributed by atoms with Crippen LogP contribution in [-0.4, -0.2) is 207 Å². The van der Waals surface area contributed by atoms with Gasteiger partial charge in [0.15, 0.2) is 0 Å². The summed E-state index contributed by atoms with van der Waals surface area (Å²) in [6, 6.07) is 23.8. The molecule has 1 atom stereocenters. The van der Waals surface area contributed by atoms with Gasteiger partial charge in [-0.05, 0) is 226 Å². The zero-order chi connectivity index (χ0) is 75.0. The number of carbonyl (C=O) groups excluding carboxylic acids is 4. The van der Waals surface area contributed by atoms with E-state index < -0.39 is 5.82 Å². The van der Waals surface area contributed by atoms with Crippen molar-refractivity contribution in [1.82, 2.24) is 79.8 Å². The van der Waals surface area contributed by atoms with Crippen LogP contribution in [-0.2, 0) is 4.79 Å². The van der Waals surface area contributed by atoms with E-state index in [-0.39, 0.29) is 47.9 Å². The molecule has 1 unspecified atom stereocenters. The van der Waals surface area contributed by atoms with E-state index in [1.807, 2.05) is 126 Å². The van der Waals surface area contributed by atoms with Crippen LogP contribution in [0.2, 0.25) is 0 Å². The van der Waals surface area contributed by atoms with Gasteiger partial charge in [-0.1, -0.05) is 12.1 Å². The van der Waals surface area contributed by atoms with Gasteiger partial charge in [-0.2, -0.15) is 15.3 Å². The topological polar surface area (TPSA) is 266 Å². The number of likely N-dealkylation sites (tertiary alicyclic amines) is 4.